The van der Waals surface area contributed by atoms with Gasteiger partial charge in [-0.05, 0) is 26.0 Å². The highest BCUT2D eigenvalue weighted by Crippen LogP contribution is 2.34. The molecule has 0 heterocycles. The van der Waals surface area contributed by atoms with E-state index in [-0.39, 0.29) is 10.7 Å². The summed E-state index contributed by atoms with van der Waals surface area (Å²) in [5.74, 6) is 0.396. The zero-order valence-corrected chi connectivity index (χ0v) is 10.6. The maximum Gasteiger partial charge on any atom is 0.151 e. The summed E-state index contributed by atoms with van der Waals surface area (Å²) in [6.45, 7) is 7.89. The number of ketones is 1. The Hall–Kier alpha value is -0.760. The van der Waals surface area contributed by atoms with Gasteiger partial charge in [-0.1, -0.05) is 32.0 Å². The molecule has 15 heavy (non-hydrogen) atoms. The third-order valence-corrected chi connectivity index (χ3v) is 3.45. The first-order valence-corrected chi connectivity index (χ1v) is 6.03. The van der Waals surface area contributed by atoms with Gasteiger partial charge in [0.25, 0.3) is 0 Å². The molecule has 0 aliphatic carbocycles. The van der Waals surface area contributed by atoms with Crippen LogP contribution < -0.4 is 0 Å². The molecule has 0 saturated carbocycles. The van der Waals surface area contributed by atoms with Crippen LogP contribution in [0.3, 0.4) is 0 Å². The van der Waals surface area contributed by atoms with Crippen molar-refractivity contribution in [2.24, 2.45) is 5.92 Å². The molecule has 0 radical (unpaired) electrons. The van der Waals surface area contributed by atoms with Crippen LogP contribution in [-0.4, -0.2) is 10.5 Å². The lowest BCUT2D eigenvalue weighted by atomic mass is 9.98. The zero-order valence-electron chi connectivity index (χ0n) is 9.78. The molecular formula is C13H18OS. The second-order valence-electron chi connectivity index (χ2n) is 4.44. The molecule has 1 nitrogen and oxygen atoms in total. The number of rotatable bonds is 4. The van der Waals surface area contributed by atoms with Crippen LogP contribution in [0.15, 0.2) is 35.2 Å². The molecule has 1 rings (SSSR count). The van der Waals surface area contributed by atoms with Crippen LogP contribution in [-0.2, 0) is 4.79 Å². The molecule has 0 fully saturated rings. The highest BCUT2D eigenvalue weighted by Gasteiger charge is 2.30. The molecule has 0 amide bonds. The monoisotopic (exact) mass is 222 g/mol. The van der Waals surface area contributed by atoms with Gasteiger partial charge in [-0.3, -0.25) is 4.79 Å². The van der Waals surface area contributed by atoms with E-state index in [2.05, 4.69) is 0 Å². The van der Waals surface area contributed by atoms with Crippen molar-refractivity contribution in [2.45, 2.75) is 37.3 Å². The van der Waals surface area contributed by atoms with Crippen LogP contribution in [0.4, 0.5) is 0 Å². The topological polar surface area (TPSA) is 17.1 Å². The van der Waals surface area contributed by atoms with Crippen LogP contribution in [0, 0.1) is 5.92 Å². The molecule has 82 valence electrons. The molecule has 0 bridgehead atoms. The number of thioether (sulfide) groups is 1. The van der Waals surface area contributed by atoms with Crippen molar-refractivity contribution in [1.29, 1.82) is 0 Å². The fourth-order valence-corrected chi connectivity index (χ4v) is 2.75. The Labute approximate surface area is 96.3 Å². The Kier molecular flexibility index (Phi) is 3.97. The number of benzene rings is 1. The van der Waals surface area contributed by atoms with Gasteiger partial charge >= 0.3 is 0 Å². The summed E-state index contributed by atoms with van der Waals surface area (Å²) in [4.78, 5) is 13.1. The molecule has 0 unspecified atom stereocenters. The van der Waals surface area contributed by atoms with Crippen LogP contribution in [0.5, 0.6) is 0 Å². The molecule has 0 N–H and O–H groups in total. The van der Waals surface area contributed by atoms with E-state index < -0.39 is 0 Å². The summed E-state index contributed by atoms with van der Waals surface area (Å²) in [7, 11) is 0. The van der Waals surface area contributed by atoms with Crippen molar-refractivity contribution in [3.05, 3.63) is 30.3 Å². The van der Waals surface area contributed by atoms with Crippen molar-refractivity contribution in [3.63, 3.8) is 0 Å². The SMILES string of the molecule is CC(C)C(=O)C(C)(C)Sc1ccccc1. The summed E-state index contributed by atoms with van der Waals surface area (Å²) >= 11 is 1.63. The summed E-state index contributed by atoms with van der Waals surface area (Å²) in [5, 5.41) is 0. The summed E-state index contributed by atoms with van der Waals surface area (Å²) < 4.78 is -0.338. The third-order valence-electron chi connectivity index (χ3n) is 2.23. The van der Waals surface area contributed by atoms with Gasteiger partial charge < -0.3 is 0 Å². The van der Waals surface area contributed by atoms with Gasteiger partial charge in [0.05, 0.1) is 4.75 Å². The predicted octanol–water partition coefficient (Wildman–Crippen LogP) is 3.78. The number of carbonyl (C=O) groups excluding carboxylic acids is 1. The molecule has 1 aromatic rings. The molecule has 0 atom stereocenters. The Morgan fingerprint density at radius 1 is 1.20 bits per heavy atom. The standard InChI is InChI=1S/C13H18OS/c1-10(2)12(14)13(3,4)15-11-8-6-5-7-9-11/h5-10H,1-4H3. The molecule has 0 saturated heterocycles. The van der Waals surface area contributed by atoms with Crippen LogP contribution >= 0.6 is 11.8 Å². The van der Waals surface area contributed by atoms with Gasteiger partial charge in [0.1, 0.15) is 0 Å². The lowest BCUT2D eigenvalue weighted by molar-refractivity contribution is -0.123. The highest BCUT2D eigenvalue weighted by atomic mass is 32.2. The zero-order chi connectivity index (χ0) is 11.5. The fraction of sp³-hybridized carbons (Fsp3) is 0.462. The molecule has 1 aromatic carbocycles. The fourth-order valence-electron chi connectivity index (χ4n) is 1.53. The van der Waals surface area contributed by atoms with Crippen molar-refractivity contribution < 1.29 is 4.79 Å². The Bertz CT molecular complexity index is 328. The number of carbonyl (C=O) groups is 1. The van der Waals surface area contributed by atoms with E-state index in [1.54, 1.807) is 11.8 Å². The van der Waals surface area contributed by atoms with Crippen molar-refractivity contribution in [2.75, 3.05) is 0 Å². The highest BCUT2D eigenvalue weighted by molar-refractivity contribution is 8.01. The van der Waals surface area contributed by atoms with E-state index in [1.165, 1.54) is 0 Å². The largest absolute Gasteiger partial charge is 0.298 e. The van der Waals surface area contributed by atoms with Crippen LogP contribution in [0.1, 0.15) is 27.7 Å². The van der Waals surface area contributed by atoms with E-state index in [0.29, 0.717) is 5.78 Å². The first kappa shape index (κ1) is 12.3. The first-order valence-electron chi connectivity index (χ1n) is 5.22. The maximum absolute atomic E-state index is 11.9. The number of hydrogen-bond acceptors (Lipinski definition) is 2. The molecule has 0 aliphatic rings. The molecule has 0 aliphatic heterocycles. The quantitative estimate of drug-likeness (QED) is 0.721. The van der Waals surface area contributed by atoms with Crippen LogP contribution in [0.25, 0.3) is 0 Å². The average molecular weight is 222 g/mol. The number of Topliss-reactive ketones (excluding diaryl/α,β-unsaturated/α-hetero) is 1. The van der Waals surface area contributed by atoms with Crippen molar-refractivity contribution in [1.82, 2.24) is 0 Å². The van der Waals surface area contributed by atoms with Gasteiger partial charge in [-0.15, -0.1) is 11.8 Å². The van der Waals surface area contributed by atoms with Gasteiger partial charge in [-0.25, -0.2) is 0 Å². The summed E-state index contributed by atoms with van der Waals surface area (Å²) in [6, 6.07) is 10.1. The lowest BCUT2D eigenvalue weighted by Crippen LogP contribution is -2.31. The molecule has 0 spiro atoms. The predicted molar refractivity (Wildman–Crippen MR) is 66.2 cm³/mol. The number of hydrogen-bond donors (Lipinski definition) is 0. The van der Waals surface area contributed by atoms with E-state index in [4.69, 9.17) is 0 Å². The minimum atomic E-state index is -0.338. The maximum atomic E-state index is 11.9. The minimum absolute atomic E-state index is 0.0937. The van der Waals surface area contributed by atoms with Crippen molar-refractivity contribution in [3.8, 4) is 0 Å². The van der Waals surface area contributed by atoms with Crippen LogP contribution in [0.2, 0.25) is 0 Å². The molecule has 2 heteroatoms. The first-order chi connectivity index (χ1) is 6.93. The van der Waals surface area contributed by atoms with E-state index in [0.717, 1.165) is 4.90 Å². The second kappa shape index (κ2) is 4.84. The second-order valence-corrected chi connectivity index (χ2v) is 6.14. The summed E-state index contributed by atoms with van der Waals surface area (Å²) in [5.41, 5.74) is 0. The normalized spacial score (nSPS) is 11.8. The summed E-state index contributed by atoms with van der Waals surface area (Å²) in [6.07, 6.45) is 0. The van der Waals surface area contributed by atoms with E-state index >= 15 is 0 Å². The van der Waals surface area contributed by atoms with Gasteiger partial charge in [-0.2, -0.15) is 0 Å². The Morgan fingerprint density at radius 2 is 1.73 bits per heavy atom. The lowest BCUT2D eigenvalue weighted by Gasteiger charge is -2.24. The Balaban J connectivity index is 2.77. The van der Waals surface area contributed by atoms with Crippen molar-refractivity contribution >= 4 is 17.5 Å². The minimum Gasteiger partial charge on any atom is -0.298 e. The average Bonchev–Trinajstić information content (AvgIpc) is 2.17. The van der Waals surface area contributed by atoms with Gasteiger partial charge in [0.2, 0.25) is 0 Å². The van der Waals surface area contributed by atoms with E-state index in [9.17, 15) is 4.79 Å². The molecule has 0 aromatic heterocycles. The van der Waals surface area contributed by atoms with E-state index in [1.807, 2.05) is 58.0 Å². The van der Waals surface area contributed by atoms with Gasteiger partial charge in [0.15, 0.2) is 5.78 Å². The third kappa shape index (κ3) is 3.38. The molecular weight excluding hydrogens is 204 g/mol. The van der Waals surface area contributed by atoms with Gasteiger partial charge in [0, 0.05) is 10.8 Å². The Morgan fingerprint density at radius 3 is 2.20 bits per heavy atom. The smallest absolute Gasteiger partial charge is 0.151 e.